The van der Waals surface area contributed by atoms with Gasteiger partial charge in [-0.15, -0.1) is 23.2 Å². The van der Waals surface area contributed by atoms with Crippen molar-refractivity contribution in [2.24, 2.45) is 0 Å². The number of rotatable bonds is 1. The fourth-order valence-electron chi connectivity index (χ4n) is 0.358. The fraction of sp³-hybridized carbons (Fsp3) is 0.167. The van der Waals surface area contributed by atoms with Crippen LogP contribution in [0.3, 0.4) is 0 Å². The van der Waals surface area contributed by atoms with Crippen LogP contribution in [0.4, 0.5) is 0 Å². The molecule has 0 spiro atoms. The monoisotopic (exact) mass is 180 g/mol. The number of carbonyl (C=O) groups is 1. The Bertz CT molecular complexity index is 160. The van der Waals surface area contributed by atoms with Gasteiger partial charge in [0.1, 0.15) is 0 Å². The third kappa shape index (κ3) is 4.41. The van der Waals surface area contributed by atoms with Gasteiger partial charge in [0, 0.05) is 0 Å². The highest BCUT2D eigenvalue weighted by Gasteiger charge is 1.84. The minimum absolute atomic E-state index is 0.194. The van der Waals surface area contributed by atoms with E-state index >= 15 is 0 Å². The van der Waals surface area contributed by atoms with Crippen molar-refractivity contribution in [2.75, 3.05) is 5.34 Å². The lowest BCUT2D eigenvalue weighted by molar-refractivity contribution is 0.110. The van der Waals surface area contributed by atoms with E-state index in [0.717, 1.165) is 0 Å². The molecule has 0 N–H and O–H groups in total. The summed E-state index contributed by atoms with van der Waals surface area (Å²) in [6, 6.07) is 3.27. The molecule has 1 aromatic rings. The quantitative estimate of drug-likeness (QED) is 0.492. The van der Waals surface area contributed by atoms with Crippen molar-refractivity contribution in [3.63, 3.8) is 0 Å². The van der Waals surface area contributed by atoms with Crippen molar-refractivity contribution < 1.29 is 9.21 Å². The largest absolute Gasteiger partial charge is 0.462 e. The molecule has 0 saturated heterocycles. The van der Waals surface area contributed by atoms with Gasteiger partial charge in [-0.3, -0.25) is 4.79 Å². The van der Waals surface area contributed by atoms with Gasteiger partial charge in [-0.2, -0.15) is 0 Å². The van der Waals surface area contributed by atoms with Crippen LogP contribution in [0.2, 0.25) is 0 Å². The first-order chi connectivity index (χ1) is 4.85. The zero-order valence-electron chi connectivity index (χ0n) is 5.09. The van der Waals surface area contributed by atoms with Crippen LogP contribution < -0.4 is 0 Å². The Morgan fingerprint density at radius 2 is 2.20 bits per heavy atom. The number of alkyl halides is 2. The van der Waals surface area contributed by atoms with Gasteiger partial charge in [0.25, 0.3) is 0 Å². The zero-order chi connectivity index (χ0) is 7.82. The molecular formula is C6H6Cl2O2. The van der Waals surface area contributed by atoms with Gasteiger partial charge in [0.15, 0.2) is 12.0 Å². The molecule has 10 heavy (non-hydrogen) atoms. The Morgan fingerprint density at radius 1 is 1.60 bits per heavy atom. The highest BCUT2D eigenvalue weighted by molar-refractivity contribution is 6.40. The number of hydrogen-bond donors (Lipinski definition) is 0. The van der Waals surface area contributed by atoms with E-state index in [4.69, 9.17) is 23.2 Å². The lowest BCUT2D eigenvalue weighted by Crippen LogP contribution is -1.65. The predicted molar refractivity (Wildman–Crippen MR) is 40.7 cm³/mol. The van der Waals surface area contributed by atoms with E-state index in [-0.39, 0.29) is 5.34 Å². The molecule has 0 aliphatic carbocycles. The molecule has 4 heteroatoms. The van der Waals surface area contributed by atoms with Crippen LogP contribution in [-0.4, -0.2) is 11.6 Å². The lowest BCUT2D eigenvalue weighted by atomic mass is 10.5. The Balaban J connectivity index is 0.000000236. The molecule has 0 aliphatic rings. The van der Waals surface area contributed by atoms with E-state index in [1.807, 2.05) is 0 Å². The molecule has 0 atom stereocenters. The molecule has 0 unspecified atom stereocenters. The van der Waals surface area contributed by atoms with E-state index in [2.05, 4.69) is 4.42 Å². The Kier molecular flexibility index (Phi) is 6.33. The van der Waals surface area contributed by atoms with Crippen molar-refractivity contribution in [1.29, 1.82) is 0 Å². The van der Waals surface area contributed by atoms with Crippen molar-refractivity contribution in [2.45, 2.75) is 0 Å². The fourth-order valence-corrected chi connectivity index (χ4v) is 0.358. The highest BCUT2D eigenvalue weighted by Crippen LogP contribution is 1.92. The molecule has 0 bridgehead atoms. The number of aldehydes is 1. The Labute approximate surface area is 68.7 Å². The molecule has 1 rings (SSSR count). The molecule has 0 fully saturated rings. The SMILES string of the molecule is ClCCl.O=Cc1ccco1. The van der Waals surface area contributed by atoms with E-state index in [1.54, 1.807) is 12.1 Å². The third-order valence-electron chi connectivity index (χ3n) is 0.659. The Hall–Kier alpha value is -0.470. The molecule has 0 radical (unpaired) electrons. The second kappa shape index (κ2) is 6.65. The van der Waals surface area contributed by atoms with E-state index in [1.165, 1.54) is 6.26 Å². The first-order valence-corrected chi connectivity index (χ1v) is 3.52. The van der Waals surface area contributed by atoms with Crippen LogP contribution in [0.5, 0.6) is 0 Å². The maximum Gasteiger partial charge on any atom is 0.185 e. The summed E-state index contributed by atoms with van der Waals surface area (Å²) in [4.78, 5) is 9.77. The van der Waals surface area contributed by atoms with E-state index in [0.29, 0.717) is 12.0 Å². The summed E-state index contributed by atoms with van der Waals surface area (Å²) >= 11 is 9.53. The Morgan fingerprint density at radius 3 is 2.40 bits per heavy atom. The molecule has 2 nitrogen and oxygen atoms in total. The summed E-state index contributed by atoms with van der Waals surface area (Å²) in [5, 5.41) is 0.194. The summed E-state index contributed by atoms with van der Waals surface area (Å²) < 4.78 is 4.61. The average Bonchev–Trinajstić information content (AvgIpc) is 2.39. The number of halogens is 2. The van der Waals surface area contributed by atoms with Gasteiger partial charge >= 0.3 is 0 Å². The normalized spacial score (nSPS) is 7.80. The smallest absolute Gasteiger partial charge is 0.185 e. The summed E-state index contributed by atoms with van der Waals surface area (Å²) in [6.07, 6.45) is 2.13. The number of furan rings is 1. The van der Waals surface area contributed by atoms with Crippen molar-refractivity contribution in [3.8, 4) is 0 Å². The molecule has 1 heterocycles. The zero-order valence-corrected chi connectivity index (χ0v) is 6.60. The average molecular weight is 181 g/mol. The molecule has 0 amide bonds. The maximum atomic E-state index is 9.77. The second-order valence-electron chi connectivity index (χ2n) is 1.23. The van der Waals surface area contributed by atoms with Crippen LogP contribution in [-0.2, 0) is 0 Å². The lowest BCUT2D eigenvalue weighted by Gasteiger charge is -1.68. The first-order valence-electron chi connectivity index (χ1n) is 2.45. The first kappa shape index (κ1) is 9.53. The topological polar surface area (TPSA) is 30.2 Å². The van der Waals surface area contributed by atoms with Crippen LogP contribution in [0.15, 0.2) is 22.8 Å². The summed E-state index contributed by atoms with van der Waals surface area (Å²) in [7, 11) is 0. The molecule has 0 aromatic carbocycles. The minimum Gasteiger partial charge on any atom is -0.462 e. The summed E-state index contributed by atoms with van der Waals surface area (Å²) in [5.41, 5.74) is 0. The van der Waals surface area contributed by atoms with Crippen molar-refractivity contribution in [3.05, 3.63) is 24.2 Å². The third-order valence-corrected chi connectivity index (χ3v) is 0.659. The molecule has 0 aliphatic heterocycles. The van der Waals surface area contributed by atoms with E-state index in [9.17, 15) is 4.79 Å². The number of hydrogen-bond acceptors (Lipinski definition) is 2. The van der Waals surface area contributed by atoms with Gasteiger partial charge in [-0.1, -0.05) is 0 Å². The van der Waals surface area contributed by atoms with Crippen molar-refractivity contribution in [1.82, 2.24) is 0 Å². The van der Waals surface area contributed by atoms with Gasteiger partial charge in [-0.25, -0.2) is 0 Å². The standard InChI is InChI=1S/C5H4O2.CH2Cl2/c6-4-5-2-1-3-7-5;2-1-3/h1-4H;1H2. The highest BCUT2D eigenvalue weighted by atomic mass is 35.5. The predicted octanol–water partition coefficient (Wildman–Crippen LogP) is 2.51. The summed E-state index contributed by atoms with van der Waals surface area (Å²) in [5.74, 6) is 0.375. The second-order valence-corrected chi connectivity index (χ2v) is 2.04. The van der Waals surface area contributed by atoms with Gasteiger partial charge in [0.2, 0.25) is 0 Å². The molecular weight excluding hydrogens is 175 g/mol. The number of carbonyl (C=O) groups excluding carboxylic acids is 1. The van der Waals surface area contributed by atoms with E-state index < -0.39 is 0 Å². The van der Waals surface area contributed by atoms with Gasteiger partial charge in [0.05, 0.1) is 11.6 Å². The van der Waals surface area contributed by atoms with Crippen LogP contribution in [0.1, 0.15) is 10.6 Å². The molecule has 0 saturated carbocycles. The minimum atomic E-state index is 0.194. The van der Waals surface area contributed by atoms with Crippen LogP contribution in [0.25, 0.3) is 0 Å². The molecule has 56 valence electrons. The van der Waals surface area contributed by atoms with Crippen LogP contribution in [0, 0.1) is 0 Å². The van der Waals surface area contributed by atoms with Gasteiger partial charge < -0.3 is 4.42 Å². The molecule has 1 aromatic heterocycles. The van der Waals surface area contributed by atoms with Crippen LogP contribution >= 0.6 is 23.2 Å². The maximum absolute atomic E-state index is 9.77. The van der Waals surface area contributed by atoms with Crippen molar-refractivity contribution >= 4 is 29.5 Å². The summed E-state index contributed by atoms with van der Waals surface area (Å²) in [6.45, 7) is 0. The van der Waals surface area contributed by atoms with Gasteiger partial charge in [-0.05, 0) is 12.1 Å².